The van der Waals surface area contributed by atoms with Gasteiger partial charge in [0.15, 0.2) is 0 Å². The second kappa shape index (κ2) is 8.31. The Bertz CT molecular complexity index is 245. The average molecular weight is 196 g/mol. The van der Waals surface area contributed by atoms with Crippen molar-refractivity contribution in [3.05, 3.63) is 0 Å². The second-order valence-electron chi connectivity index (χ2n) is 2.73. The monoisotopic (exact) mass is 196 g/mol. The van der Waals surface area contributed by atoms with Crippen LogP contribution in [0, 0.1) is 11.8 Å². The lowest BCUT2D eigenvalue weighted by molar-refractivity contribution is -0.145. The van der Waals surface area contributed by atoms with Crippen LogP contribution >= 0.6 is 0 Å². The number of hydrogen-bond donors (Lipinski definition) is 0. The molecule has 0 radical (unpaired) electrons. The molecule has 0 aliphatic carbocycles. The molecule has 0 saturated carbocycles. The molecule has 0 unspecified atom stereocenters. The van der Waals surface area contributed by atoms with Crippen molar-refractivity contribution in [3.63, 3.8) is 0 Å². The minimum absolute atomic E-state index is 0.103. The number of hydrogen-bond acceptors (Lipinski definition) is 3. The van der Waals surface area contributed by atoms with Gasteiger partial charge < -0.3 is 4.74 Å². The summed E-state index contributed by atoms with van der Waals surface area (Å²) in [5, 5.41) is 0. The van der Waals surface area contributed by atoms with E-state index in [0.717, 1.165) is 6.42 Å². The van der Waals surface area contributed by atoms with Crippen molar-refractivity contribution < 1.29 is 14.3 Å². The van der Waals surface area contributed by atoms with Gasteiger partial charge >= 0.3 is 5.97 Å². The molecule has 3 heteroatoms. The van der Waals surface area contributed by atoms with Crippen LogP contribution in [0.2, 0.25) is 0 Å². The Kier molecular flexibility index (Phi) is 7.53. The zero-order valence-electron chi connectivity index (χ0n) is 8.76. The molecule has 0 spiro atoms. The summed E-state index contributed by atoms with van der Waals surface area (Å²) in [7, 11) is 0. The van der Waals surface area contributed by atoms with E-state index in [1.807, 2.05) is 6.92 Å². The van der Waals surface area contributed by atoms with Crippen molar-refractivity contribution >= 4 is 11.8 Å². The molecule has 14 heavy (non-hydrogen) atoms. The molecule has 0 aromatic carbocycles. The molecular weight excluding hydrogens is 180 g/mol. The van der Waals surface area contributed by atoms with E-state index in [4.69, 9.17) is 0 Å². The number of carbonyl (C=O) groups excluding carboxylic acids is 2. The van der Waals surface area contributed by atoms with Crippen molar-refractivity contribution in [2.45, 2.75) is 39.5 Å². The summed E-state index contributed by atoms with van der Waals surface area (Å²) in [5.74, 6) is 5.17. The SMILES string of the molecule is CCC#CCCC(=O)CC(=O)OCC. The number of carbonyl (C=O) groups is 2. The first-order valence-corrected chi connectivity index (χ1v) is 4.83. The molecule has 0 heterocycles. The first-order valence-electron chi connectivity index (χ1n) is 4.83. The van der Waals surface area contributed by atoms with Crippen molar-refractivity contribution in [1.82, 2.24) is 0 Å². The standard InChI is InChI=1S/C11H16O3/c1-3-5-6-7-8-10(12)9-11(13)14-4-2/h3-4,7-9H2,1-2H3. The highest BCUT2D eigenvalue weighted by Crippen LogP contribution is 1.96. The van der Waals surface area contributed by atoms with Gasteiger partial charge in [-0.05, 0) is 6.92 Å². The van der Waals surface area contributed by atoms with Crippen LogP contribution in [0.25, 0.3) is 0 Å². The summed E-state index contributed by atoms with van der Waals surface area (Å²) < 4.78 is 4.64. The van der Waals surface area contributed by atoms with Crippen molar-refractivity contribution in [2.24, 2.45) is 0 Å². The van der Waals surface area contributed by atoms with Gasteiger partial charge in [-0.15, -0.1) is 11.8 Å². The van der Waals surface area contributed by atoms with Gasteiger partial charge in [0.1, 0.15) is 12.2 Å². The van der Waals surface area contributed by atoms with Crippen molar-refractivity contribution in [2.75, 3.05) is 6.61 Å². The molecule has 0 amide bonds. The van der Waals surface area contributed by atoms with Gasteiger partial charge in [-0.2, -0.15) is 0 Å². The van der Waals surface area contributed by atoms with E-state index in [-0.39, 0.29) is 12.2 Å². The Labute approximate surface area is 84.8 Å². The van der Waals surface area contributed by atoms with Gasteiger partial charge in [0.05, 0.1) is 6.61 Å². The summed E-state index contributed by atoms with van der Waals surface area (Å²) >= 11 is 0. The number of ether oxygens (including phenoxy) is 1. The summed E-state index contributed by atoms with van der Waals surface area (Å²) in [6, 6.07) is 0. The Morgan fingerprint density at radius 1 is 1.21 bits per heavy atom. The van der Waals surface area contributed by atoms with Crippen LogP contribution in [0.4, 0.5) is 0 Å². The molecule has 0 N–H and O–H groups in total. The van der Waals surface area contributed by atoms with E-state index >= 15 is 0 Å². The van der Waals surface area contributed by atoms with Crippen LogP contribution in [0.1, 0.15) is 39.5 Å². The van der Waals surface area contributed by atoms with E-state index in [2.05, 4.69) is 16.6 Å². The number of esters is 1. The molecule has 0 saturated heterocycles. The lowest BCUT2D eigenvalue weighted by Gasteiger charge is -1.99. The van der Waals surface area contributed by atoms with Crippen LogP contribution in [-0.4, -0.2) is 18.4 Å². The molecule has 0 aliphatic heterocycles. The fraction of sp³-hybridized carbons (Fsp3) is 0.636. The molecular formula is C11H16O3. The van der Waals surface area contributed by atoms with E-state index in [0.29, 0.717) is 19.4 Å². The molecule has 0 atom stereocenters. The predicted molar refractivity (Wildman–Crippen MR) is 53.6 cm³/mol. The van der Waals surface area contributed by atoms with Gasteiger partial charge in [0.25, 0.3) is 0 Å². The maximum absolute atomic E-state index is 11.1. The first-order chi connectivity index (χ1) is 6.70. The van der Waals surface area contributed by atoms with Crippen LogP contribution in [0.5, 0.6) is 0 Å². The van der Waals surface area contributed by atoms with E-state index < -0.39 is 5.97 Å². The van der Waals surface area contributed by atoms with Gasteiger partial charge in [0.2, 0.25) is 0 Å². The highest BCUT2D eigenvalue weighted by atomic mass is 16.5. The number of rotatable bonds is 5. The third-order valence-electron chi connectivity index (χ3n) is 1.48. The number of ketones is 1. The minimum atomic E-state index is -0.444. The molecule has 0 aromatic heterocycles. The summed E-state index contributed by atoms with van der Waals surface area (Å²) in [6.45, 7) is 3.99. The smallest absolute Gasteiger partial charge is 0.313 e. The normalized spacial score (nSPS) is 8.71. The van der Waals surface area contributed by atoms with Gasteiger partial charge in [0, 0.05) is 19.3 Å². The first kappa shape index (κ1) is 12.7. The topological polar surface area (TPSA) is 43.4 Å². The molecule has 0 aromatic rings. The fourth-order valence-corrected chi connectivity index (χ4v) is 0.877. The highest BCUT2D eigenvalue weighted by Gasteiger charge is 2.08. The van der Waals surface area contributed by atoms with Gasteiger partial charge in [-0.3, -0.25) is 9.59 Å². The van der Waals surface area contributed by atoms with E-state index in [1.54, 1.807) is 6.92 Å². The highest BCUT2D eigenvalue weighted by molar-refractivity contribution is 5.95. The van der Waals surface area contributed by atoms with Crippen LogP contribution in [-0.2, 0) is 14.3 Å². The van der Waals surface area contributed by atoms with Crippen LogP contribution in [0.3, 0.4) is 0 Å². The van der Waals surface area contributed by atoms with Gasteiger partial charge in [-0.25, -0.2) is 0 Å². The van der Waals surface area contributed by atoms with E-state index in [9.17, 15) is 9.59 Å². The summed E-state index contributed by atoms with van der Waals surface area (Å²) in [6.07, 6.45) is 1.55. The molecule has 0 fully saturated rings. The quantitative estimate of drug-likeness (QED) is 0.382. The lowest BCUT2D eigenvalue weighted by Crippen LogP contribution is -2.10. The molecule has 78 valence electrons. The summed E-state index contributed by atoms with van der Waals surface area (Å²) in [4.78, 5) is 22.0. The van der Waals surface area contributed by atoms with E-state index in [1.165, 1.54) is 0 Å². The maximum Gasteiger partial charge on any atom is 0.313 e. The minimum Gasteiger partial charge on any atom is -0.466 e. The second-order valence-corrected chi connectivity index (χ2v) is 2.73. The Balaban J connectivity index is 3.60. The Morgan fingerprint density at radius 3 is 2.50 bits per heavy atom. The zero-order valence-corrected chi connectivity index (χ0v) is 8.76. The molecule has 0 aliphatic rings. The Morgan fingerprint density at radius 2 is 1.93 bits per heavy atom. The maximum atomic E-state index is 11.1. The predicted octanol–water partition coefficient (Wildman–Crippen LogP) is 1.70. The lowest BCUT2D eigenvalue weighted by atomic mass is 10.2. The van der Waals surface area contributed by atoms with Crippen molar-refractivity contribution in [3.8, 4) is 11.8 Å². The number of Topliss-reactive ketones (excluding diaryl/α,β-unsaturated/α-hetero) is 1. The third-order valence-corrected chi connectivity index (χ3v) is 1.48. The van der Waals surface area contributed by atoms with Crippen LogP contribution in [0.15, 0.2) is 0 Å². The average Bonchev–Trinajstić information content (AvgIpc) is 2.13. The fourth-order valence-electron chi connectivity index (χ4n) is 0.877. The zero-order chi connectivity index (χ0) is 10.8. The molecule has 0 bridgehead atoms. The molecule has 0 rings (SSSR count). The van der Waals surface area contributed by atoms with Gasteiger partial charge in [-0.1, -0.05) is 6.92 Å². The largest absolute Gasteiger partial charge is 0.466 e. The molecule has 3 nitrogen and oxygen atoms in total. The van der Waals surface area contributed by atoms with Crippen LogP contribution < -0.4 is 0 Å². The summed E-state index contributed by atoms with van der Waals surface area (Å²) in [5.41, 5.74) is 0. The van der Waals surface area contributed by atoms with Crippen molar-refractivity contribution in [1.29, 1.82) is 0 Å². The third kappa shape index (κ3) is 7.35. The Hall–Kier alpha value is -1.30.